The molecule has 3 aromatic rings. The van der Waals surface area contributed by atoms with Crippen LogP contribution in [0.4, 0.5) is 4.79 Å². The monoisotopic (exact) mass is 435 g/mol. The molecule has 6 nitrogen and oxygen atoms in total. The second kappa shape index (κ2) is 7.24. The number of hydrogen-bond acceptors (Lipinski definition) is 4. The Morgan fingerprint density at radius 3 is 2.74 bits per heavy atom. The van der Waals surface area contributed by atoms with Gasteiger partial charge in [-0.15, -0.1) is 0 Å². The van der Waals surface area contributed by atoms with Gasteiger partial charge in [-0.25, -0.2) is 9.78 Å². The van der Waals surface area contributed by atoms with Crippen molar-refractivity contribution in [3.05, 3.63) is 69.9 Å². The van der Waals surface area contributed by atoms with Gasteiger partial charge in [0.1, 0.15) is 16.4 Å². The highest BCUT2D eigenvalue weighted by atomic mass is 35.5. The molecule has 158 valence electrons. The van der Waals surface area contributed by atoms with Crippen molar-refractivity contribution in [3.63, 3.8) is 0 Å². The van der Waals surface area contributed by atoms with E-state index in [1.54, 1.807) is 20.1 Å². The van der Waals surface area contributed by atoms with Crippen LogP contribution in [-0.2, 0) is 29.7 Å². The number of halogens is 1. The van der Waals surface area contributed by atoms with Crippen LogP contribution >= 0.6 is 11.6 Å². The molecule has 2 aliphatic rings. The van der Waals surface area contributed by atoms with E-state index in [0.29, 0.717) is 16.8 Å². The third-order valence-corrected chi connectivity index (χ3v) is 6.66. The van der Waals surface area contributed by atoms with Crippen molar-refractivity contribution in [2.75, 3.05) is 7.11 Å². The van der Waals surface area contributed by atoms with Gasteiger partial charge in [0, 0.05) is 17.0 Å². The number of benzene rings is 2. The smallest absolute Gasteiger partial charge is 0.325 e. The van der Waals surface area contributed by atoms with Gasteiger partial charge in [0.15, 0.2) is 0 Å². The van der Waals surface area contributed by atoms with Crippen LogP contribution in [0.1, 0.15) is 35.6 Å². The maximum absolute atomic E-state index is 13.4. The summed E-state index contributed by atoms with van der Waals surface area (Å²) in [5, 5.41) is 4.00. The molecule has 0 radical (unpaired) electrons. The van der Waals surface area contributed by atoms with E-state index in [2.05, 4.69) is 22.4 Å². The van der Waals surface area contributed by atoms with Gasteiger partial charge in [-0.1, -0.05) is 29.8 Å². The number of carbonyl (C=O) groups excluding carboxylic acids is 2. The van der Waals surface area contributed by atoms with Crippen molar-refractivity contribution in [3.8, 4) is 5.75 Å². The number of rotatable bonds is 4. The molecular formula is C24H22ClN3O3. The fraction of sp³-hybridized carbons (Fsp3) is 0.292. The van der Waals surface area contributed by atoms with Gasteiger partial charge in [0.2, 0.25) is 0 Å². The summed E-state index contributed by atoms with van der Waals surface area (Å²) in [4.78, 5) is 31.8. The maximum atomic E-state index is 13.4. The predicted octanol–water partition coefficient (Wildman–Crippen LogP) is 4.35. The van der Waals surface area contributed by atoms with Crippen LogP contribution in [0.2, 0.25) is 5.15 Å². The molecule has 1 N–H and O–H groups in total. The van der Waals surface area contributed by atoms with E-state index in [0.717, 1.165) is 30.2 Å². The lowest BCUT2D eigenvalue weighted by Crippen LogP contribution is -2.41. The summed E-state index contributed by atoms with van der Waals surface area (Å²) in [6.45, 7) is 1.81. The van der Waals surface area contributed by atoms with Crippen molar-refractivity contribution in [1.82, 2.24) is 15.2 Å². The lowest BCUT2D eigenvalue weighted by atomic mass is 9.89. The minimum atomic E-state index is -1.10. The molecule has 0 bridgehead atoms. The second-order valence-corrected chi connectivity index (χ2v) is 8.64. The normalized spacial score (nSPS) is 20.3. The minimum absolute atomic E-state index is 0.0546. The van der Waals surface area contributed by atoms with Gasteiger partial charge in [-0.2, -0.15) is 0 Å². The number of nitrogens with one attached hydrogen (secondary N) is 1. The molecule has 1 aliphatic heterocycles. The first-order chi connectivity index (χ1) is 14.9. The van der Waals surface area contributed by atoms with Crippen molar-refractivity contribution in [2.45, 2.75) is 38.3 Å². The lowest BCUT2D eigenvalue weighted by Gasteiger charge is -2.23. The molecule has 5 rings (SSSR count). The van der Waals surface area contributed by atoms with Crippen LogP contribution in [0.25, 0.3) is 10.9 Å². The molecule has 3 amide bonds. The number of urea groups is 1. The third kappa shape index (κ3) is 3.22. The number of amides is 3. The Kier molecular flexibility index (Phi) is 4.63. The second-order valence-electron chi connectivity index (χ2n) is 8.28. The van der Waals surface area contributed by atoms with Crippen molar-refractivity contribution in [1.29, 1.82) is 0 Å². The summed E-state index contributed by atoms with van der Waals surface area (Å²) < 4.78 is 5.23. The molecule has 1 aromatic heterocycles. The number of nitrogens with zero attached hydrogens (tertiary/aromatic N) is 2. The van der Waals surface area contributed by atoms with Crippen LogP contribution in [0, 0.1) is 0 Å². The average molecular weight is 436 g/mol. The van der Waals surface area contributed by atoms with Crippen LogP contribution in [0.3, 0.4) is 0 Å². The van der Waals surface area contributed by atoms with Crippen LogP contribution in [-0.4, -0.2) is 28.9 Å². The molecule has 0 saturated carbocycles. The van der Waals surface area contributed by atoms with Crippen molar-refractivity contribution < 1.29 is 14.3 Å². The molecule has 2 aromatic carbocycles. The Morgan fingerprint density at radius 2 is 1.94 bits per heavy atom. The number of pyridine rings is 1. The Morgan fingerprint density at radius 1 is 1.13 bits per heavy atom. The number of fused-ring (bicyclic) bond motifs is 2. The van der Waals surface area contributed by atoms with Gasteiger partial charge in [-0.05, 0) is 61.1 Å². The van der Waals surface area contributed by atoms with Crippen molar-refractivity contribution in [2.24, 2.45) is 0 Å². The summed E-state index contributed by atoms with van der Waals surface area (Å²) in [5.41, 5.74) is 3.60. The van der Waals surface area contributed by atoms with E-state index < -0.39 is 11.6 Å². The summed E-state index contributed by atoms with van der Waals surface area (Å²) in [5.74, 6) is 0.393. The molecule has 1 atom stereocenters. The van der Waals surface area contributed by atoms with Gasteiger partial charge in [-0.3, -0.25) is 9.69 Å². The van der Waals surface area contributed by atoms with Gasteiger partial charge >= 0.3 is 6.03 Å². The number of imide groups is 1. The largest absolute Gasteiger partial charge is 0.497 e. The predicted molar refractivity (Wildman–Crippen MR) is 118 cm³/mol. The molecule has 0 spiro atoms. The number of methoxy groups -OCH3 is 1. The van der Waals surface area contributed by atoms with Crippen LogP contribution in [0.5, 0.6) is 5.75 Å². The van der Waals surface area contributed by atoms with E-state index in [9.17, 15) is 9.59 Å². The summed E-state index contributed by atoms with van der Waals surface area (Å²) in [6.07, 6.45) is 3.20. The highest BCUT2D eigenvalue weighted by Gasteiger charge is 2.49. The van der Waals surface area contributed by atoms with E-state index in [1.807, 2.05) is 24.3 Å². The SMILES string of the molecule is COc1ccc2cc(CN3C(=O)N[C@](C)(c4ccc5c(c4)CCC5)C3=O)c(Cl)nc2c1. The summed E-state index contributed by atoms with van der Waals surface area (Å²) in [6, 6.07) is 13.0. The Hall–Kier alpha value is -3.12. The van der Waals surface area contributed by atoms with Gasteiger partial charge in [0.25, 0.3) is 5.91 Å². The molecule has 7 heteroatoms. The number of aromatic nitrogens is 1. The molecule has 1 saturated heterocycles. The standard InChI is InChI=1S/C24H22ClN3O3/c1-24(18-8-6-14-4-3-5-15(14)11-18)22(29)28(23(30)27-24)13-17-10-16-7-9-19(31-2)12-20(16)26-21(17)25/h6-12H,3-5,13H2,1-2H3,(H,27,30)/t24-/m1/s1. The van der Waals surface area contributed by atoms with E-state index in [1.165, 1.54) is 16.0 Å². The first-order valence-corrected chi connectivity index (χ1v) is 10.7. The third-order valence-electron chi connectivity index (χ3n) is 6.33. The fourth-order valence-electron chi connectivity index (χ4n) is 4.49. The highest BCUT2D eigenvalue weighted by molar-refractivity contribution is 6.30. The molecule has 1 fully saturated rings. The topological polar surface area (TPSA) is 71.5 Å². The van der Waals surface area contributed by atoms with Crippen LogP contribution < -0.4 is 10.1 Å². The number of ether oxygens (including phenoxy) is 1. The van der Waals surface area contributed by atoms with E-state index in [-0.39, 0.29) is 17.6 Å². The van der Waals surface area contributed by atoms with Crippen molar-refractivity contribution >= 4 is 34.4 Å². The Labute approximate surface area is 185 Å². The van der Waals surface area contributed by atoms with E-state index >= 15 is 0 Å². The number of carbonyl (C=O) groups is 2. The zero-order valence-electron chi connectivity index (χ0n) is 17.4. The molecule has 1 aliphatic carbocycles. The van der Waals surface area contributed by atoms with E-state index in [4.69, 9.17) is 16.3 Å². The summed E-state index contributed by atoms with van der Waals surface area (Å²) in [7, 11) is 1.59. The maximum Gasteiger partial charge on any atom is 0.325 e. The zero-order chi connectivity index (χ0) is 21.8. The molecular weight excluding hydrogens is 414 g/mol. The van der Waals surface area contributed by atoms with Gasteiger partial charge in [0.05, 0.1) is 19.2 Å². The quantitative estimate of drug-likeness (QED) is 0.488. The highest BCUT2D eigenvalue weighted by Crippen LogP contribution is 2.34. The first kappa shape index (κ1) is 19.8. The molecule has 31 heavy (non-hydrogen) atoms. The first-order valence-electron chi connectivity index (χ1n) is 10.3. The number of hydrogen-bond donors (Lipinski definition) is 1. The minimum Gasteiger partial charge on any atom is -0.497 e. The average Bonchev–Trinajstić information content (AvgIpc) is 3.32. The zero-order valence-corrected chi connectivity index (χ0v) is 18.1. The lowest BCUT2D eigenvalue weighted by molar-refractivity contribution is -0.131. The molecule has 0 unspecified atom stereocenters. The Bertz CT molecular complexity index is 1240. The fourth-order valence-corrected chi connectivity index (χ4v) is 4.70. The number of aryl methyl sites for hydroxylation is 2. The Balaban J connectivity index is 1.45. The summed E-state index contributed by atoms with van der Waals surface area (Å²) >= 11 is 6.40. The van der Waals surface area contributed by atoms with Crippen LogP contribution in [0.15, 0.2) is 42.5 Å². The molecule has 2 heterocycles. The van der Waals surface area contributed by atoms with Gasteiger partial charge < -0.3 is 10.1 Å².